The molecule has 0 fully saturated rings. The van der Waals surface area contributed by atoms with Crippen LogP contribution in [-0.2, 0) is 0 Å². The van der Waals surface area contributed by atoms with Gasteiger partial charge in [-0.05, 0) is 49.2 Å². The quantitative estimate of drug-likeness (QED) is 0.591. The summed E-state index contributed by atoms with van der Waals surface area (Å²) in [4.78, 5) is 12.5. The third-order valence-electron chi connectivity index (χ3n) is 3.59. The number of carbonyl (C=O) groups excluding carboxylic acids is 1. The minimum Gasteiger partial charge on any atom is -0.618 e. The fraction of sp³-hybridized carbons (Fsp3) is 0.125. The maximum atomic E-state index is 12.5. The molecule has 4 heteroatoms. The Bertz CT molecular complexity index is 778. The van der Waals surface area contributed by atoms with E-state index in [0.29, 0.717) is 26.6 Å². The van der Waals surface area contributed by atoms with Crippen LogP contribution in [0.15, 0.2) is 36.4 Å². The van der Waals surface area contributed by atoms with E-state index < -0.39 is 0 Å². The number of hydrogen-bond donors (Lipinski definition) is 0. The summed E-state index contributed by atoms with van der Waals surface area (Å²) in [5.74, 6) is -0.250. The lowest BCUT2D eigenvalue weighted by Crippen LogP contribution is -2.16. The SMILES string of the molecule is Cc1cc2c(cc1C)[N+]([O-])=C(c1cccc(Cl)c1)C2=O. The lowest BCUT2D eigenvalue weighted by molar-refractivity contribution is -0.355. The molecule has 3 nitrogen and oxygen atoms in total. The molecule has 2 aromatic carbocycles. The first-order valence-corrected chi connectivity index (χ1v) is 6.63. The van der Waals surface area contributed by atoms with Crippen LogP contribution < -0.4 is 0 Å². The van der Waals surface area contributed by atoms with E-state index in [9.17, 15) is 10.0 Å². The standard InChI is InChI=1S/C16H12ClNO2/c1-9-6-13-14(7-10(9)2)18(20)15(16(13)19)11-4-3-5-12(17)8-11/h3-8H,1-2H3. The molecule has 0 saturated carbocycles. The number of ketones is 1. The Hall–Kier alpha value is -2.13. The van der Waals surface area contributed by atoms with E-state index in [1.807, 2.05) is 13.8 Å². The maximum Gasteiger partial charge on any atom is 0.273 e. The third-order valence-corrected chi connectivity index (χ3v) is 3.83. The molecule has 0 saturated heterocycles. The number of aryl methyl sites for hydroxylation is 2. The normalized spacial score (nSPS) is 13.8. The highest BCUT2D eigenvalue weighted by Gasteiger charge is 2.36. The van der Waals surface area contributed by atoms with Crippen molar-refractivity contribution in [2.75, 3.05) is 0 Å². The van der Waals surface area contributed by atoms with Gasteiger partial charge in [0, 0.05) is 11.1 Å². The molecule has 0 bridgehead atoms. The Morgan fingerprint density at radius 3 is 2.50 bits per heavy atom. The van der Waals surface area contributed by atoms with Crippen molar-refractivity contribution in [3.05, 3.63) is 68.9 Å². The average molecular weight is 286 g/mol. The molecular weight excluding hydrogens is 274 g/mol. The minimum absolute atomic E-state index is 0.132. The first-order valence-electron chi connectivity index (χ1n) is 6.25. The molecule has 0 spiro atoms. The number of fused-ring (bicyclic) bond motifs is 1. The zero-order valence-electron chi connectivity index (χ0n) is 11.1. The monoisotopic (exact) mass is 285 g/mol. The van der Waals surface area contributed by atoms with E-state index in [0.717, 1.165) is 11.1 Å². The topological polar surface area (TPSA) is 43.1 Å². The van der Waals surface area contributed by atoms with Gasteiger partial charge in [0.25, 0.3) is 11.5 Å². The molecule has 0 radical (unpaired) electrons. The van der Waals surface area contributed by atoms with Crippen LogP contribution in [0.3, 0.4) is 0 Å². The fourth-order valence-electron chi connectivity index (χ4n) is 2.38. The van der Waals surface area contributed by atoms with Crippen LogP contribution in [0.4, 0.5) is 5.69 Å². The van der Waals surface area contributed by atoms with Gasteiger partial charge in [-0.15, -0.1) is 0 Å². The lowest BCUT2D eigenvalue weighted by Gasteiger charge is -2.04. The summed E-state index contributed by atoms with van der Waals surface area (Å²) in [5, 5.41) is 12.9. The Morgan fingerprint density at radius 2 is 1.80 bits per heavy atom. The Morgan fingerprint density at radius 1 is 1.10 bits per heavy atom. The van der Waals surface area contributed by atoms with Crippen molar-refractivity contribution >= 4 is 28.8 Å². The van der Waals surface area contributed by atoms with Crippen LogP contribution in [0.25, 0.3) is 0 Å². The van der Waals surface area contributed by atoms with E-state index in [4.69, 9.17) is 11.6 Å². The van der Waals surface area contributed by atoms with Crippen molar-refractivity contribution in [2.24, 2.45) is 0 Å². The third kappa shape index (κ3) is 1.82. The molecule has 0 aromatic heterocycles. The maximum absolute atomic E-state index is 12.5. The van der Waals surface area contributed by atoms with Crippen LogP contribution >= 0.6 is 11.6 Å². The summed E-state index contributed by atoms with van der Waals surface area (Å²) in [6, 6.07) is 10.3. The Balaban J connectivity index is 2.22. The fourth-order valence-corrected chi connectivity index (χ4v) is 2.57. The number of Topliss-reactive ketones (excluding diaryl/α,β-unsaturated/α-hetero) is 1. The molecule has 1 aliphatic rings. The molecule has 100 valence electrons. The van der Waals surface area contributed by atoms with Crippen molar-refractivity contribution in [1.82, 2.24) is 0 Å². The van der Waals surface area contributed by atoms with Gasteiger partial charge in [0.2, 0.25) is 5.69 Å². The zero-order valence-corrected chi connectivity index (χ0v) is 11.9. The van der Waals surface area contributed by atoms with E-state index in [1.54, 1.807) is 36.4 Å². The van der Waals surface area contributed by atoms with Crippen LogP contribution in [0.1, 0.15) is 27.0 Å². The summed E-state index contributed by atoms with van der Waals surface area (Å²) in [5.41, 5.74) is 3.53. The summed E-state index contributed by atoms with van der Waals surface area (Å²) in [6.07, 6.45) is 0. The van der Waals surface area contributed by atoms with Gasteiger partial charge in [-0.25, -0.2) is 0 Å². The molecule has 2 aromatic rings. The summed E-state index contributed by atoms with van der Waals surface area (Å²) >= 11 is 5.94. The van der Waals surface area contributed by atoms with Crippen LogP contribution in [-0.4, -0.2) is 16.2 Å². The van der Waals surface area contributed by atoms with Crippen molar-refractivity contribution in [1.29, 1.82) is 0 Å². The molecule has 0 amide bonds. The molecule has 1 aliphatic heterocycles. The highest BCUT2D eigenvalue weighted by atomic mass is 35.5. The molecule has 3 rings (SSSR count). The molecule has 0 aliphatic carbocycles. The summed E-state index contributed by atoms with van der Waals surface area (Å²) in [7, 11) is 0. The number of nitrogens with zero attached hydrogens (tertiary/aromatic N) is 1. The van der Waals surface area contributed by atoms with Gasteiger partial charge in [0.05, 0.1) is 5.56 Å². The number of halogens is 1. The van der Waals surface area contributed by atoms with Crippen molar-refractivity contribution in [3.63, 3.8) is 0 Å². The molecular formula is C16H12ClNO2. The molecule has 0 atom stereocenters. The highest BCUT2D eigenvalue weighted by Crippen LogP contribution is 2.31. The number of hydrogen-bond acceptors (Lipinski definition) is 2. The Labute approximate surface area is 121 Å². The molecule has 1 heterocycles. The van der Waals surface area contributed by atoms with E-state index in [1.165, 1.54) is 0 Å². The van der Waals surface area contributed by atoms with Gasteiger partial charge in [-0.1, -0.05) is 17.7 Å². The van der Waals surface area contributed by atoms with Crippen LogP contribution in [0.5, 0.6) is 0 Å². The predicted molar refractivity (Wildman–Crippen MR) is 79.1 cm³/mol. The smallest absolute Gasteiger partial charge is 0.273 e. The predicted octanol–water partition coefficient (Wildman–Crippen LogP) is 3.78. The zero-order chi connectivity index (χ0) is 14.4. The second-order valence-electron chi connectivity index (χ2n) is 4.94. The van der Waals surface area contributed by atoms with Gasteiger partial charge in [0.15, 0.2) is 0 Å². The first-order chi connectivity index (χ1) is 9.49. The highest BCUT2D eigenvalue weighted by molar-refractivity contribution is 6.52. The van der Waals surface area contributed by atoms with Gasteiger partial charge in [-0.2, -0.15) is 4.74 Å². The average Bonchev–Trinajstić information content (AvgIpc) is 2.63. The van der Waals surface area contributed by atoms with Crippen LogP contribution in [0.2, 0.25) is 5.02 Å². The van der Waals surface area contributed by atoms with Crippen molar-refractivity contribution in [2.45, 2.75) is 13.8 Å². The minimum atomic E-state index is -0.250. The Kier molecular flexibility index (Phi) is 2.87. The molecule has 0 unspecified atom stereocenters. The summed E-state index contributed by atoms with van der Waals surface area (Å²) in [6.45, 7) is 3.85. The number of benzene rings is 2. The molecule has 0 N–H and O–H groups in total. The molecule has 20 heavy (non-hydrogen) atoms. The van der Waals surface area contributed by atoms with Gasteiger partial charge < -0.3 is 5.21 Å². The second kappa shape index (κ2) is 4.46. The number of rotatable bonds is 1. The largest absolute Gasteiger partial charge is 0.618 e. The van der Waals surface area contributed by atoms with Crippen LogP contribution in [0, 0.1) is 19.1 Å². The second-order valence-corrected chi connectivity index (χ2v) is 5.37. The van der Waals surface area contributed by atoms with E-state index >= 15 is 0 Å². The van der Waals surface area contributed by atoms with E-state index in [-0.39, 0.29) is 11.5 Å². The van der Waals surface area contributed by atoms with Crippen molar-refractivity contribution in [3.8, 4) is 0 Å². The van der Waals surface area contributed by atoms with Gasteiger partial charge in [-0.3, -0.25) is 4.79 Å². The number of carbonyl (C=O) groups is 1. The van der Waals surface area contributed by atoms with Gasteiger partial charge >= 0.3 is 0 Å². The van der Waals surface area contributed by atoms with E-state index in [2.05, 4.69) is 0 Å². The lowest BCUT2D eigenvalue weighted by atomic mass is 9.99. The first kappa shape index (κ1) is 12.9. The van der Waals surface area contributed by atoms with Crippen molar-refractivity contribution < 1.29 is 9.53 Å². The van der Waals surface area contributed by atoms with Gasteiger partial charge in [0.1, 0.15) is 5.56 Å². The summed E-state index contributed by atoms with van der Waals surface area (Å²) < 4.78 is 0.704.